The number of ketones is 1. The predicted molar refractivity (Wildman–Crippen MR) is 83.2 cm³/mol. The number of carbonyl (C=O) groups is 1. The van der Waals surface area contributed by atoms with E-state index in [1.807, 2.05) is 13.1 Å². The number of rotatable bonds is 7. The highest BCUT2D eigenvalue weighted by molar-refractivity contribution is 5.97. The Morgan fingerprint density at radius 1 is 1.43 bits per heavy atom. The predicted octanol–water partition coefficient (Wildman–Crippen LogP) is 3.38. The Bertz CT molecular complexity index is 644. The molecule has 0 aromatic carbocycles. The molecule has 0 unspecified atom stereocenters. The summed E-state index contributed by atoms with van der Waals surface area (Å²) in [4.78, 5) is 23.1. The summed E-state index contributed by atoms with van der Waals surface area (Å²) in [7, 11) is 0. The molecule has 0 saturated heterocycles. The van der Waals surface area contributed by atoms with Crippen molar-refractivity contribution >= 4 is 22.9 Å². The molecule has 5 heteroatoms. The van der Waals surface area contributed by atoms with E-state index in [4.69, 9.17) is 4.74 Å². The fraction of sp³-hybridized carbons (Fsp3) is 0.438. The van der Waals surface area contributed by atoms with Crippen molar-refractivity contribution in [2.75, 3.05) is 6.61 Å². The minimum Gasteiger partial charge on any atom is -0.477 e. The maximum Gasteiger partial charge on any atom is 0.226 e. The van der Waals surface area contributed by atoms with Crippen LogP contribution in [0.3, 0.4) is 0 Å². The number of ether oxygens (including phenoxy) is 1. The Morgan fingerprint density at radius 2 is 2.24 bits per heavy atom. The molecule has 0 radical (unpaired) electrons. The van der Waals surface area contributed by atoms with E-state index >= 15 is 0 Å². The molecular weight excluding hydrogens is 266 g/mol. The number of H-pyrrole nitrogens is 1. The topological polar surface area (TPSA) is 67.9 Å². The van der Waals surface area contributed by atoms with Crippen molar-refractivity contribution in [2.45, 2.75) is 33.6 Å². The summed E-state index contributed by atoms with van der Waals surface area (Å²) in [6.07, 6.45) is 8.10. The first-order valence-electron chi connectivity index (χ1n) is 7.27. The third kappa shape index (κ3) is 3.90. The first-order valence-corrected chi connectivity index (χ1v) is 7.27. The SMILES string of the molecule is CCCC(=O)/C=C/c1c[nH]c2ncnc(OCC(C)C)c12. The highest BCUT2D eigenvalue weighted by Crippen LogP contribution is 2.26. The summed E-state index contributed by atoms with van der Waals surface area (Å²) < 4.78 is 5.74. The third-order valence-corrected chi connectivity index (χ3v) is 2.96. The quantitative estimate of drug-likeness (QED) is 0.793. The van der Waals surface area contributed by atoms with Gasteiger partial charge in [0.1, 0.15) is 12.0 Å². The summed E-state index contributed by atoms with van der Waals surface area (Å²) >= 11 is 0. The van der Waals surface area contributed by atoms with Crippen LogP contribution in [0, 0.1) is 5.92 Å². The van der Waals surface area contributed by atoms with Crippen molar-refractivity contribution in [1.82, 2.24) is 15.0 Å². The zero-order valence-corrected chi connectivity index (χ0v) is 12.7. The second kappa shape index (κ2) is 7.02. The number of nitrogens with zero attached hydrogens (tertiary/aromatic N) is 2. The van der Waals surface area contributed by atoms with Crippen LogP contribution in [0.5, 0.6) is 5.88 Å². The van der Waals surface area contributed by atoms with Crippen molar-refractivity contribution in [3.05, 3.63) is 24.2 Å². The van der Waals surface area contributed by atoms with Crippen LogP contribution in [0.1, 0.15) is 39.2 Å². The normalized spacial score (nSPS) is 11.6. The van der Waals surface area contributed by atoms with E-state index in [1.54, 1.807) is 12.2 Å². The van der Waals surface area contributed by atoms with E-state index in [9.17, 15) is 4.79 Å². The summed E-state index contributed by atoms with van der Waals surface area (Å²) in [5, 5.41) is 0.818. The lowest BCUT2D eigenvalue weighted by atomic mass is 10.1. The van der Waals surface area contributed by atoms with Gasteiger partial charge in [0.2, 0.25) is 5.88 Å². The Kier molecular flexibility index (Phi) is 5.09. The monoisotopic (exact) mass is 287 g/mol. The van der Waals surface area contributed by atoms with Gasteiger partial charge in [-0.2, -0.15) is 0 Å². The van der Waals surface area contributed by atoms with E-state index in [0.29, 0.717) is 30.5 Å². The zero-order chi connectivity index (χ0) is 15.2. The van der Waals surface area contributed by atoms with Crippen molar-refractivity contribution in [1.29, 1.82) is 0 Å². The lowest BCUT2D eigenvalue weighted by Crippen LogP contribution is -2.06. The molecule has 0 aliphatic rings. The van der Waals surface area contributed by atoms with Gasteiger partial charge in [-0.3, -0.25) is 4.79 Å². The van der Waals surface area contributed by atoms with Gasteiger partial charge in [-0.25, -0.2) is 9.97 Å². The van der Waals surface area contributed by atoms with Crippen molar-refractivity contribution in [3.8, 4) is 5.88 Å². The van der Waals surface area contributed by atoms with Gasteiger partial charge in [0.15, 0.2) is 5.78 Å². The van der Waals surface area contributed by atoms with E-state index in [1.165, 1.54) is 6.33 Å². The minimum absolute atomic E-state index is 0.119. The number of fused-ring (bicyclic) bond motifs is 1. The molecule has 1 N–H and O–H groups in total. The first-order chi connectivity index (χ1) is 10.1. The van der Waals surface area contributed by atoms with Crippen LogP contribution in [-0.2, 0) is 4.79 Å². The molecule has 0 amide bonds. The highest BCUT2D eigenvalue weighted by Gasteiger charge is 2.11. The Labute approximate surface area is 124 Å². The van der Waals surface area contributed by atoms with E-state index < -0.39 is 0 Å². The molecule has 0 atom stereocenters. The number of hydrogen-bond acceptors (Lipinski definition) is 4. The van der Waals surface area contributed by atoms with Crippen LogP contribution < -0.4 is 4.74 Å². The summed E-state index contributed by atoms with van der Waals surface area (Å²) in [6, 6.07) is 0. The lowest BCUT2D eigenvalue weighted by Gasteiger charge is -2.08. The van der Waals surface area contributed by atoms with Crippen molar-refractivity contribution in [3.63, 3.8) is 0 Å². The molecule has 2 aromatic rings. The van der Waals surface area contributed by atoms with Crippen LogP contribution >= 0.6 is 0 Å². The number of aromatic nitrogens is 3. The van der Waals surface area contributed by atoms with Crippen LogP contribution in [0.15, 0.2) is 18.6 Å². The molecule has 2 heterocycles. The average molecular weight is 287 g/mol. The standard InChI is InChI=1S/C16H21N3O2/c1-4-5-13(20)7-6-12-8-17-15-14(12)16(19-10-18-15)21-9-11(2)3/h6-8,10-11H,4-5,9H2,1-3H3,(H,17,18,19)/b7-6+. The summed E-state index contributed by atoms with van der Waals surface area (Å²) in [5.41, 5.74) is 1.58. The maximum atomic E-state index is 11.6. The third-order valence-electron chi connectivity index (χ3n) is 2.96. The van der Waals surface area contributed by atoms with Crippen LogP contribution in [0.4, 0.5) is 0 Å². The van der Waals surface area contributed by atoms with Crippen molar-refractivity contribution < 1.29 is 9.53 Å². The summed E-state index contributed by atoms with van der Waals surface area (Å²) in [6.45, 7) is 6.75. The molecular formula is C16H21N3O2. The van der Waals surface area contributed by atoms with Gasteiger partial charge in [0.25, 0.3) is 0 Å². The number of allylic oxidation sites excluding steroid dienone is 1. The lowest BCUT2D eigenvalue weighted by molar-refractivity contribution is -0.114. The molecule has 112 valence electrons. The van der Waals surface area contributed by atoms with Gasteiger partial charge in [-0.15, -0.1) is 0 Å². The van der Waals surface area contributed by atoms with Gasteiger partial charge in [0.05, 0.1) is 12.0 Å². The molecule has 21 heavy (non-hydrogen) atoms. The average Bonchev–Trinajstić information content (AvgIpc) is 2.87. The molecule has 2 rings (SSSR count). The fourth-order valence-electron chi connectivity index (χ4n) is 1.96. The van der Waals surface area contributed by atoms with Crippen LogP contribution in [0.25, 0.3) is 17.1 Å². The molecule has 0 saturated carbocycles. The number of carbonyl (C=O) groups excluding carboxylic acids is 1. The Morgan fingerprint density at radius 3 is 2.95 bits per heavy atom. The molecule has 5 nitrogen and oxygen atoms in total. The number of hydrogen-bond donors (Lipinski definition) is 1. The molecule has 0 aliphatic carbocycles. The second-order valence-corrected chi connectivity index (χ2v) is 5.40. The van der Waals surface area contributed by atoms with Crippen molar-refractivity contribution in [2.24, 2.45) is 5.92 Å². The summed E-state index contributed by atoms with van der Waals surface area (Å²) in [5.74, 6) is 1.09. The molecule has 0 fully saturated rings. The fourth-order valence-corrected chi connectivity index (χ4v) is 1.96. The Balaban J connectivity index is 2.30. The molecule has 0 bridgehead atoms. The minimum atomic E-state index is 0.119. The smallest absolute Gasteiger partial charge is 0.226 e. The van der Waals surface area contributed by atoms with E-state index in [0.717, 1.165) is 17.4 Å². The van der Waals surface area contributed by atoms with E-state index in [-0.39, 0.29) is 5.78 Å². The molecule has 0 aliphatic heterocycles. The van der Waals surface area contributed by atoms with Gasteiger partial charge >= 0.3 is 0 Å². The van der Waals surface area contributed by atoms with Gasteiger partial charge in [-0.05, 0) is 24.5 Å². The molecule has 0 spiro atoms. The zero-order valence-electron chi connectivity index (χ0n) is 12.7. The maximum absolute atomic E-state index is 11.6. The van der Waals surface area contributed by atoms with E-state index in [2.05, 4.69) is 28.8 Å². The van der Waals surface area contributed by atoms with Crippen LogP contribution in [-0.4, -0.2) is 27.3 Å². The van der Waals surface area contributed by atoms with Gasteiger partial charge in [0, 0.05) is 18.2 Å². The highest BCUT2D eigenvalue weighted by atomic mass is 16.5. The number of aromatic amines is 1. The first kappa shape index (κ1) is 15.2. The largest absolute Gasteiger partial charge is 0.477 e. The second-order valence-electron chi connectivity index (χ2n) is 5.40. The Hall–Kier alpha value is -2.17. The number of nitrogens with one attached hydrogen (secondary N) is 1. The van der Waals surface area contributed by atoms with Gasteiger partial charge < -0.3 is 9.72 Å². The van der Waals surface area contributed by atoms with Crippen LogP contribution in [0.2, 0.25) is 0 Å². The molecule has 2 aromatic heterocycles. The van der Waals surface area contributed by atoms with Gasteiger partial charge in [-0.1, -0.05) is 20.8 Å².